The number of allylic oxidation sites excluding steroid dienone is 4. The molecule has 7 atom stereocenters. The van der Waals surface area contributed by atoms with Crippen LogP contribution in [0.2, 0.25) is 0 Å². The minimum atomic E-state index is -5.59. The quantitative estimate of drug-likeness (QED) is 0.0271. The molecule has 0 radical (unpaired) electrons. The second kappa shape index (κ2) is 29.3. The number of rotatable bonds is 34. The van der Waals surface area contributed by atoms with E-state index in [1.807, 2.05) is 0 Å². The normalized spacial score (nSPS) is 20.0. The van der Waals surface area contributed by atoms with E-state index in [-0.39, 0.29) is 66.0 Å². The van der Waals surface area contributed by atoms with Gasteiger partial charge in [-0.3, -0.25) is 37.3 Å². The van der Waals surface area contributed by atoms with Gasteiger partial charge in [0.15, 0.2) is 22.8 Å². The Kier molecular flexibility index (Phi) is 25.5. The SMILES string of the molecule is CCCC=CCC=CCCCCCCCC(=O)CCC(=O)SCCNC(=O)CCNC(=O)C(O)C(C)(C)COP(=O)(O)OP(=O)(O)OCC1OC(n2cnc3c(N)ncnc32)C(O)C1OP(=O)(O)O. The maximum absolute atomic E-state index is 12.7. The zero-order chi connectivity index (χ0) is 51.3. The number of aliphatic hydroxyl groups is 2. The molecule has 7 unspecified atom stereocenters. The fourth-order valence-electron chi connectivity index (χ4n) is 6.52. The summed E-state index contributed by atoms with van der Waals surface area (Å²) in [5.41, 5.74) is 4.24. The van der Waals surface area contributed by atoms with Gasteiger partial charge < -0.3 is 50.9 Å². The van der Waals surface area contributed by atoms with Crippen molar-refractivity contribution in [1.29, 1.82) is 0 Å². The van der Waals surface area contributed by atoms with Crippen LogP contribution >= 0.6 is 35.2 Å². The molecule has 10 N–H and O–H groups in total. The van der Waals surface area contributed by atoms with Gasteiger partial charge in [0, 0.05) is 49.9 Å². The Morgan fingerprint density at radius 2 is 1.58 bits per heavy atom. The number of carbonyl (C=O) groups excluding carboxylic acids is 4. The van der Waals surface area contributed by atoms with Gasteiger partial charge in [-0.2, -0.15) is 4.31 Å². The molecule has 1 fully saturated rings. The van der Waals surface area contributed by atoms with E-state index in [0.717, 1.165) is 86.8 Å². The first-order valence-electron chi connectivity index (χ1n) is 22.3. The van der Waals surface area contributed by atoms with Crippen LogP contribution in [0.3, 0.4) is 0 Å². The van der Waals surface area contributed by atoms with Crippen LogP contribution in [0.15, 0.2) is 37.0 Å². The lowest BCUT2D eigenvalue weighted by Gasteiger charge is -2.30. The lowest BCUT2D eigenvalue weighted by molar-refractivity contribution is -0.137. The molecular weight excluding hydrogens is 991 g/mol. The molecule has 25 nitrogen and oxygen atoms in total. The van der Waals surface area contributed by atoms with Crippen molar-refractivity contribution in [2.24, 2.45) is 5.41 Å². The highest BCUT2D eigenvalue weighted by molar-refractivity contribution is 8.13. The number of phosphoric acid groups is 3. The predicted octanol–water partition coefficient (Wildman–Crippen LogP) is 4.05. The predicted molar refractivity (Wildman–Crippen MR) is 251 cm³/mol. The molecule has 1 aliphatic rings. The molecule has 1 saturated heterocycles. The van der Waals surface area contributed by atoms with Gasteiger partial charge in [-0.05, 0) is 32.1 Å². The summed E-state index contributed by atoms with van der Waals surface area (Å²) in [6.07, 6.45) is 11.9. The fraction of sp³-hybridized carbons (Fsp3) is 0.675. The van der Waals surface area contributed by atoms with Crippen LogP contribution in [0.25, 0.3) is 11.2 Å². The molecule has 29 heteroatoms. The number of ether oxygens (including phenoxy) is 1. The Morgan fingerprint density at radius 1 is 0.899 bits per heavy atom. The number of carbonyl (C=O) groups is 4. The van der Waals surface area contributed by atoms with Crippen LogP contribution in [0.4, 0.5) is 5.82 Å². The maximum atomic E-state index is 12.7. The van der Waals surface area contributed by atoms with Crippen LogP contribution in [0.1, 0.15) is 110 Å². The number of thioether (sulfide) groups is 1. The first-order chi connectivity index (χ1) is 32.4. The number of aliphatic hydroxyl groups excluding tert-OH is 2. The fourth-order valence-corrected chi connectivity index (χ4v) is 10.0. The van der Waals surface area contributed by atoms with Crippen molar-refractivity contribution in [2.75, 3.05) is 37.8 Å². The molecule has 0 aliphatic carbocycles. The van der Waals surface area contributed by atoms with Gasteiger partial charge in [-0.1, -0.05) is 82.5 Å². The number of phosphoric ester groups is 3. The van der Waals surface area contributed by atoms with Gasteiger partial charge in [-0.25, -0.2) is 28.6 Å². The third-order valence-corrected chi connectivity index (χ3v) is 14.3. The molecule has 1 aliphatic heterocycles. The number of imidazole rings is 1. The van der Waals surface area contributed by atoms with Crippen LogP contribution in [0.5, 0.6) is 0 Å². The lowest BCUT2D eigenvalue weighted by atomic mass is 9.87. The summed E-state index contributed by atoms with van der Waals surface area (Å²) >= 11 is 0.998. The largest absolute Gasteiger partial charge is 0.481 e. The molecule has 2 aromatic heterocycles. The molecular formula is C40H66N7O18P3S. The zero-order valence-electron chi connectivity index (χ0n) is 38.8. The highest BCUT2D eigenvalue weighted by Gasteiger charge is 2.50. The van der Waals surface area contributed by atoms with E-state index in [1.165, 1.54) is 13.8 Å². The first kappa shape index (κ1) is 60.0. The highest BCUT2D eigenvalue weighted by Crippen LogP contribution is 2.61. The molecule has 3 heterocycles. The number of unbranched alkanes of at least 4 members (excludes halogenated alkanes) is 6. The Hall–Kier alpha value is -3.29. The highest BCUT2D eigenvalue weighted by atomic mass is 32.2. The molecule has 390 valence electrons. The number of nitrogens with one attached hydrogen (secondary N) is 2. The Bertz CT molecular complexity index is 2190. The molecule has 0 saturated carbocycles. The van der Waals surface area contributed by atoms with E-state index < -0.39 is 84.6 Å². The van der Waals surface area contributed by atoms with E-state index in [0.29, 0.717) is 6.42 Å². The monoisotopic (exact) mass is 1060 g/mol. The number of nitrogen functional groups attached to an aromatic ring is 1. The second-order valence-corrected chi connectivity index (χ2v) is 22.0. The van der Waals surface area contributed by atoms with Crippen molar-refractivity contribution in [2.45, 2.75) is 135 Å². The molecule has 69 heavy (non-hydrogen) atoms. The molecule has 0 bridgehead atoms. The Labute approximate surface area is 404 Å². The number of hydrogen-bond donors (Lipinski definition) is 9. The molecule has 0 spiro atoms. The third-order valence-electron chi connectivity index (χ3n) is 10.3. The molecule has 2 aromatic rings. The summed E-state index contributed by atoms with van der Waals surface area (Å²) in [4.78, 5) is 101. The number of nitrogens with zero attached hydrogens (tertiary/aromatic N) is 4. The second-order valence-electron chi connectivity index (χ2n) is 16.6. The molecule has 0 aromatic carbocycles. The number of amides is 2. The lowest BCUT2D eigenvalue weighted by Crippen LogP contribution is -2.46. The van der Waals surface area contributed by atoms with Gasteiger partial charge >= 0.3 is 23.5 Å². The zero-order valence-corrected chi connectivity index (χ0v) is 42.3. The van der Waals surface area contributed by atoms with Crippen molar-refractivity contribution in [3.63, 3.8) is 0 Å². The van der Waals surface area contributed by atoms with Gasteiger partial charge in [0.2, 0.25) is 11.8 Å². The number of aromatic nitrogens is 4. The topological polar surface area (TPSA) is 381 Å². The summed E-state index contributed by atoms with van der Waals surface area (Å²) in [5, 5.41) is 26.3. The van der Waals surface area contributed by atoms with Gasteiger partial charge in [0.25, 0.3) is 0 Å². The summed E-state index contributed by atoms with van der Waals surface area (Å²) in [7, 11) is -16.5. The molecule has 2 amide bonds. The van der Waals surface area contributed by atoms with Crippen molar-refractivity contribution >= 4 is 74.9 Å². The van der Waals surface area contributed by atoms with Crippen molar-refractivity contribution in [1.82, 2.24) is 30.2 Å². The van der Waals surface area contributed by atoms with Gasteiger partial charge in [-0.15, -0.1) is 0 Å². The average molecular weight is 1060 g/mol. The standard InChI is InChI=1S/C40H66N7O18P3S/c1-4-5-6-7-8-9-10-11-12-13-14-15-16-17-28(48)18-19-31(50)69-23-22-42-30(49)20-21-43-38(53)35(52)40(2,3)25-62-68(59,60)65-67(57,58)61-24-29-34(64-66(54,55)56)33(51)39(63-29)47-27-46-32-36(41)44-26-45-37(32)47/h6-7,9-10,26-27,29,33-35,39,51-52H,4-5,8,11-25H2,1-3H3,(H,42,49)(H,43,53)(H,57,58)(H,59,60)(H2,41,44,45)(H2,54,55,56). The van der Waals surface area contributed by atoms with Crippen molar-refractivity contribution in [3.05, 3.63) is 37.0 Å². The third kappa shape index (κ3) is 22.3. The number of nitrogens with two attached hydrogens (primary N) is 1. The summed E-state index contributed by atoms with van der Waals surface area (Å²) in [6.45, 7) is 2.53. The number of ketones is 1. The number of Topliss-reactive ketones (excluding diaryl/α,β-unsaturated/α-hetero) is 1. The number of hydrogen-bond acceptors (Lipinski definition) is 19. The minimum absolute atomic E-state index is 0.0256. The Morgan fingerprint density at radius 3 is 2.29 bits per heavy atom. The first-order valence-corrected chi connectivity index (χ1v) is 27.8. The molecule has 3 rings (SSSR count). The van der Waals surface area contributed by atoms with Crippen molar-refractivity contribution in [3.8, 4) is 0 Å². The smallest absolute Gasteiger partial charge is 0.386 e. The van der Waals surface area contributed by atoms with Gasteiger partial charge in [0.05, 0.1) is 19.5 Å². The van der Waals surface area contributed by atoms with E-state index in [9.17, 15) is 62.7 Å². The average Bonchev–Trinajstić information content (AvgIpc) is 3.84. The van der Waals surface area contributed by atoms with Crippen LogP contribution in [-0.2, 0) is 55.5 Å². The van der Waals surface area contributed by atoms with E-state index in [4.69, 9.17) is 19.5 Å². The Balaban J connectivity index is 1.30. The summed E-state index contributed by atoms with van der Waals surface area (Å²) in [6, 6.07) is 0. The van der Waals surface area contributed by atoms with Crippen LogP contribution in [-0.4, -0.2) is 128 Å². The number of anilines is 1. The van der Waals surface area contributed by atoms with Crippen LogP contribution < -0.4 is 16.4 Å². The van der Waals surface area contributed by atoms with Crippen LogP contribution in [0, 0.1) is 5.41 Å². The van der Waals surface area contributed by atoms with E-state index in [2.05, 4.69) is 65.6 Å². The van der Waals surface area contributed by atoms with E-state index >= 15 is 0 Å². The minimum Gasteiger partial charge on any atom is -0.386 e. The summed E-state index contributed by atoms with van der Waals surface area (Å²) in [5.74, 6) is -1.19. The maximum Gasteiger partial charge on any atom is 0.481 e. The number of fused-ring (bicyclic) bond motifs is 1. The van der Waals surface area contributed by atoms with Gasteiger partial charge in [0.1, 0.15) is 42.0 Å². The summed E-state index contributed by atoms with van der Waals surface area (Å²) < 4.78 is 62.4. The van der Waals surface area contributed by atoms with Crippen molar-refractivity contribution < 1.29 is 85.3 Å². The van der Waals surface area contributed by atoms with E-state index in [1.54, 1.807) is 0 Å².